The van der Waals surface area contributed by atoms with Crippen molar-refractivity contribution in [2.75, 3.05) is 11.9 Å². The summed E-state index contributed by atoms with van der Waals surface area (Å²) in [6.45, 7) is 7.85. The molecule has 0 fully saturated rings. The van der Waals surface area contributed by atoms with Gasteiger partial charge >= 0.3 is 6.09 Å². The van der Waals surface area contributed by atoms with Crippen LogP contribution in [0.4, 0.5) is 10.5 Å². The van der Waals surface area contributed by atoms with E-state index in [1.54, 1.807) is 26.8 Å². The van der Waals surface area contributed by atoms with E-state index in [4.69, 9.17) is 9.47 Å². The summed E-state index contributed by atoms with van der Waals surface area (Å²) in [5.41, 5.74) is -0.0914. The van der Waals surface area contributed by atoms with Gasteiger partial charge in [-0.25, -0.2) is 4.79 Å². The maximum Gasteiger partial charge on any atom is 0.412 e. The minimum atomic E-state index is -0.564. The molecule has 5 heteroatoms. The molecule has 106 valence electrons. The predicted octanol–water partition coefficient (Wildman–Crippen LogP) is 3.53. The summed E-state index contributed by atoms with van der Waals surface area (Å²) < 4.78 is 10.6. The lowest BCUT2D eigenvalue weighted by molar-refractivity contribution is 0.0635. The molecule has 0 aliphatic heterocycles. The fourth-order valence-corrected chi connectivity index (χ4v) is 1.36. The third kappa shape index (κ3) is 5.50. The van der Waals surface area contributed by atoms with Crippen LogP contribution in [0.1, 0.15) is 34.1 Å². The van der Waals surface area contributed by atoms with Gasteiger partial charge in [0.05, 0.1) is 12.3 Å². The third-order valence-corrected chi connectivity index (χ3v) is 2.06. The van der Waals surface area contributed by atoms with Crippen LogP contribution in [0.25, 0.3) is 0 Å². The van der Waals surface area contributed by atoms with Crippen molar-refractivity contribution < 1.29 is 19.4 Å². The molecule has 1 aromatic rings. The van der Waals surface area contributed by atoms with Crippen LogP contribution in [-0.2, 0) is 4.74 Å². The number of hydrogen-bond donors (Lipinski definition) is 2. The Balaban J connectivity index is 2.79. The van der Waals surface area contributed by atoms with E-state index in [-0.39, 0.29) is 5.75 Å². The molecule has 0 radical (unpaired) electrons. The Morgan fingerprint density at radius 3 is 2.63 bits per heavy atom. The van der Waals surface area contributed by atoms with E-state index in [1.807, 2.05) is 6.92 Å². The van der Waals surface area contributed by atoms with Crippen molar-refractivity contribution in [1.82, 2.24) is 0 Å². The summed E-state index contributed by atoms with van der Waals surface area (Å²) >= 11 is 0. The standard InChI is InChI=1S/C14H21NO4/c1-5-8-18-12-9-10(16)6-7-11(12)15-13(17)19-14(2,3)4/h6-7,9,16H,5,8H2,1-4H3,(H,15,17). The van der Waals surface area contributed by atoms with Crippen LogP contribution in [-0.4, -0.2) is 23.4 Å². The summed E-state index contributed by atoms with van der Waals surface area (Å²) in [5, 5.41) is 12.0. The summed E-state index contributed by atoms with van der Waals surface area (Å²) in [6.07, 6.45) is 0.279. The van der Waals surface area contributed by atoms with Crippen molar-refractivity contribution >= 4 is 11.8 Å². The van der Waals surface area contributed by atoms with Crippen molar-refractivity contribution in [2.24, 2.45) is 0 Å². The molecule has 0 aliphatic carbocycles. The summed E-state index contributed by atoms with van der Waals surface area (Å²) in [6, 6.07) is 4.51. The number of ether oxygens (including phenoxy) is 2. The van der Waals surface area contributed by atoms with Gasteiger partial charge in [-0.1, -0.05) is 6.92 Å². The van der Waals surface area contributed by atoms with Crippen LogP contribution in [0.3, 0.4) is 0 Å². The second-order valence-corrected chi connectivity index (χ2v) is 5.16. The zero-order valence-electron chi connectivity index (χ0n) is 11.8. The number of benzene rings is 1. The van der Waals surface area contributed by atoms with Crippen LogP contribution in [0.15, 0.2) is 18.2 Å². The van der Waals surface area contributed by atoms with Gasteiger partial charge in [-0.15, -0.1) is 0 Å². The van der Waals surface area contributed by atoms with E-state index in [1.165, 1.54) is 12.1 Å². The molecule has 0 aliphatic rings. The zero-order valence-corrected chi connectivity index (χ0v) is 11.8. The van der Waals surface area contributed by atoms with Crippen molar-refractivity contribution in [2.45, 2.75) is 39.7 Å². The Hall–Kier alpha value is -1.91. The molecular formula is C14H21NO4. The average Bonchev–Trinajstić information content (AvgIpc) is 2.27. The van der Waals surface area contributed by atoms with Gasteiger partial charge in [0.15, 0.2) is 0 Å². The number of carbonyl (C=O) groups is 1. The van der Waals surface area contributed by atoms with Gasteiger partial charge < -0.3 is 14.6 Å². The number of amides is 1. The number of anilines is 1. The number of phenolic OH excluding ortho intramolecular Hbond substituents is 1. The molecular weight excluding hydrogens is 246 g/mol. The molecule has 0 unspecified atom stereocenters. The molecule has 0 atom stereocenters. The molecule has 1 aromatic carbocycles. The third-order valence-electron chi connectivity index (χ3n) is 2.06. The maximum atomic E-state index is 11.7. The normalized spacial score (nSPS) is 10.9. The molecule has 0 saturated heterocycles. The molecule has 1 amide bonds. The summed E-state index contributed by atoms with van der Waals surface area (Å²) in [7, 11) is 0. The number of carbonyl (C=O) groups excluding carboxylic acids is 1. The van der Waals surface area contributed by atoms with Gasteiger partial charge in [0.1, 0.15) is 17.1 Å². The Bertz CT molecular complexity index is 438. The van der Waals surface area contributed by atoms with Gasteiger partial charge in [-0.3, -0.25) is 5.32 Å². The molecule has 0 aromatic heterocycles. The van der Waals surface area contributed by atoms with E-state index in [9.17, 15) is 9.90 Å². The highest BCUT2D eigenvalue weighted by Crippen LogP contribution is 2.29. The van der Waals surface area contributed by atoms with Gasteiger partial charge in [-0.2, -0.15) is 0 Å². The lowest BCUT2D eigenvalue weighted by Gasteiger charge is -2.20. The highest BCUT2D eigenvalue weighted by Gasteiger charge is 2.17. The summed E-state index contributed by atoms with van der Waals surface area (Å²) in [5.74, 6) is 0.508. The van der Waals surface area contributed by atoms with E-state index in [0.717, 1.165) is 6.42 Å². The van der Waals surface area contributed by atoms with Crippen LogP contribution >= 0.6 is 0 Å². The molecule has 0 saturated carbocycles. The molecule has 0 bridgehead atoms. The zero-order chi connectivity index (χ0) is 14.5. The quantitative estimate of drug-likeness (QED) is 0.819. The van der Waals surface area contributed by atoms with Gasteiger partial charge in [0.2, 0.25) is 0 Å². The van der Waals surface area contributed by atoms with Crippen LogP contribution in [0, 0.1) is 0 Å². The fraction of sp³-hybridized carbons (Fsp3) is 0.500. The SMILES string of the molecule is CCCOc1cc(O)ccc1NC(=O)OC(C)(C)C. The minimum absolute atomic E-state index is 0.0841. The number of phenols is 1. The number of aromatic hydroxyl groups is 1. The van der Waals surface area contributed by atoms with Crippen LogP contribution in [0.5, 0.6) is 11.5 Å². The predicted molar refractivity (Wildman–Crippen MR) is 73.7 cm³/mol. The Labute approximate surface area is 113 Å². The van der Waals surface area contributed by atoms with Gasteiger partial charge in [-0.05, 0) is 39.3 Å². The van der Waals surface area contributed by atoms with Gasteiger partial charge in [0, 0.05) is 6.07 Å². The Kier molecular flexibility index (Phi) is 5.03. The lowest BCUT2D eigenvalue weighted by Crippen LogP contribution is -2.27. The van der Waals surface area contributed by atoms with E-state index in [2.05, 4.69) is 5.32 Å². The topological polar surface area (TPSA) is 67.8 Å². The van der Waals surface area contributed by atoms with Crippen molar-refractivity contribution in [3.63, 3.8) is 0 Å². The van der Waals surface area contributed by atoms with E-state index < -0.39 is 11.7 Å². The van der Waals surface area contributed by atoms with Crippen molar-refractivity contribution in [1.29, 1.82) is 0 Å². The number of nitrogens with one attached hydrogen (secondary N) is 1. The number of hydrogen-bond acceptors (Lipinski definition) is 4. The minimum Gasteiger partial charge on any atom is -0.508 e. The molecule has 1 rings (SSSR count). The first kappa shape index (κ1) is 15.1. The highest BCUT2D eigenvalue weighted by atomic mass is 16.6. The number of rotatable bonds is 4. The fourth-order valence-electron chi connectivity index (χ4n) is 1.36. The van der Waals surface area contributed by atoms with Crippen molar-refractivity contribution in [3.05, 3.63) is 18.2 Å². The Morgan fingerprint density at radius 2 is 2.05 bits per heavy atom. The van der Waals surface area contributed by atoms with Crippen LogP contribution in [0.2, 0.25) is 0 Å². The van der Waals surface area contributed by atoms with Gasteiger partial charge in [0.25, 0.3) is 0 Å². The average molecular weight is 267 g/mol. The Morgan fingerprint density at radius 1 is 1.37 bits per heavy atom. The van der Waals surface area contributed by atoms with Crippen molar-refractivity contribution in [3.8, 4) is 11.5 Å². The first-order chi connectivity index (χ1) is 8.81. The smallest absolute Gasteiger partial charge is 0.412 e. The van der Waals surface area contributed by atoms with E-state index >= 15 is 0 Å². The van der Waals surface area contributed by atoms with Crippen LogP contribution < -0.4 is 10.1 Å². The maximum absolute atomic E-state index is 11.7. The summed E-state index contributed by atoms with van der Waals surface area (Å²) in [4.78, 5) is 11.7. The molecule has 5 nitrogen and oxygen atoms in total. The second-order valence-electron chi connectivity index (χ2n) is 5.16. The lowest BCUT2D eigenvalue weighted by atomic mass is 10.2. The monoisotopic (exact) mass is 267 g/mol. The highest BCUT2D eigenvalue weighted by molar-refractivity contribution is 5.87. The largest absolute Gasteiger partial charge is 0.508 e. The first-order valence-corrected chi connectivity index (χ1v) is 6.27. The molecule has 0 spiro atoms. The molecule has 2 N–H and O–H groups in total. The molecule has 0 heterocycles. The molecule has 19 heavy (non-hydrogen) atoms. The second kappa shape index (κ2) is 6.31. The first-order valence-electron chi connectivity index (χ1n) is 6.27. The van der Waals surface area contributed by atoms with E-state index in [0.29, 0.717) is 18.0 Å².